The molecule has 0 bridgehead atoms. The van der Waals surface area contributed by atoms with Crippen LogP contribution in [0.4, 0.5) is 5.69 Å². The fourth-order valence-corrected chi connectivity index (χ4v) is 4.55. The lowest BCUT2D eigenvalue weighted by Crippen LogP contribution is -2.52. The molecule has 1 heterocycles. The Hall–Kier alpha value is -2.04. The maximum atomic E-state index is 12.9. The summed E-state index contributed by atoms with van der Waals surface area (Å²) >= 11 is 0. The Kier molecular flexibility index (Phi) is 7.96. The molecule has 2 amide bonds. The molecule has 1 aromatic carbocycles. The maximum absolute atomic E-state index is 12.9. The van der Waals surface area contributed by atoms with Crippen molar-refractivity contribution in [1.82, 2.24) is 9.80 Å². The van der Waals surface area contributed by atoms with E-state index >= 15 is 0 Å². The highest BCUT2D eigenvalue weighted by Crippen LogP contribution is 2.26. The fraction of sp³-hybridized carbons (Fsp3) is 0.667. The maximum Gasteiger partial charge on any atom is 0.253 e. The number of nitrogens with zero attached hydrogens (tertiary/aromatic N) is 3. The molecule has 0 spiro atoms. The Bertz CT molecular complexity index is 659. The zero-order valence-electron chi connectivity index (χ0n) is 18.2. The van der Waals surface area contributed by atoms with Crippen LogP contribution < -0.4 is 4.90 Å². The first kappa shape index (κ1) is 21.7. The van der Waals surface area contributed by atoms with Gasteiger partial charge in [0.05, 0.1) is 0 Å². The van der Waals surface area contributed by atoms with Gasteiger partial charge in [0.25, 0.3) is 5.91 Å². The quantitative estimate of drug-likeness (QED) is 0.691. The second kappa shape index (κ2) is 10.7. The van der Waals surface area contributed by atoms with Gasteiger partial charge in [0.2, 0.25) is 5.91 Å². The lowest BCUT2D eigenvalue weighted by atomic mass is 9.88. The number of benzene rings is 1. The summed E-state index contributed by atoms with van der Waals surface area (Å²) < 4.78 is 0. The van der Waals surface area contributed by atoms with Gasteiger partial charge in [-0.25, -0.2) is 0 Å². The molecule has 1 aliphatic carbocycles. The highest BCUT2D eigenvalue weighted by molar-refractivity contribution is 5.94. The number of piperazine rings is 1. The van der Waals surface area contributed by atoms with Crippen LogP contribution in [0.1, 0.15) is 69.2 Å². The van der Waals surface area contributed by atoms with Crippen molar-refractivity contribution in [3.05, 3.63) is 29.8 Å². The second-order valence-corrected chi connectivity index (χ2v) is 8.43. The minimum absolute atomic E-state index is 0.0814. The minimum Gasteiger partial charge on any atom is -0.372 e. The van der Waals surface area contributed by atoms with Crippen LogP contribution in [-0.4, -0.2) is 60.9 Å². The monoisotopic (exact) mass is 399 g/mol. The number of anilines is 1. The average molecular weight is 400 g/mol. The summed E-state index contributed by atoms with van der Waals surface area (Å²) in [5.41, 5.74) is 1.92. The van der Waals surface area contributed by atoms with Crippen molar-refractivity contribution in [2.75, 3.05) is 44.2 Å². The van der Waals surface area contributed by atoms with E-state index in [0.717, 1.165) is 31.5 Å². The van der Waals surface area contributed by atoms with E-state index < -0.39 is 0 Å². The van der Waals surface area contributed by atoms with Crippen LogP contribution in [0.15, 0.2) is 24.3 Å². The van der Waals surface area contributed by atoms with Crippen molar-refractivity contribution < 1.29 is 9.59 Å². The van der Waals surface area contributed by atoms with Crippen molar-refractivity contribution in [2.24, 2.45) is 5.92 Å². The Morgan fingerprint density at radius 3 is 2.14 bits per heavy atom. The molecule has 5 nitrogen and oxygen atoms in total. The topological polar surface area (TPSA) is 43.9 Å². The van der Waals surface area contributed by atoms with Gasteiger partial charge in [0.1, 0.15) is 0 Å². The third-order valence-corrected chi connectivity index (χ3v) is 6.48. The first-order valence-electron chi connectivity index (χ1n) is 11.6. The molecule has 3 rings (SSSR count). The van der Waals surface area contributed by atoms with Crippen LogP contribution in [0.3, 0.4) is 0 Å². The van der Waals surface area contributed by atoms with Gasteiger partial charge < -0.3 is 14.7 Å². The molecule has 1 saturated heterocycles. The molecule has 0 radical (unpaired) electrons. The number of rotatable bonds is 7. The van der Waals surface area contributed by atoms with Crippen molar-refractivity contribution in [3.63, 3.8) is 0 Å². The highest BCUT2D eigenvalue weighted by atomic mass is 16.2. The Morgan fingerprint density at radius 2 is 1.55 bits per heavy atom. The van der Waals surface area contributed by atoms with E-state index in [0.29, 0.717) is 32.1 Å². The number of unbranched alkanes of at least 4 members (excludes halogenated alkanes) is 1. The van der Waals surface area contributed by atoms with Gasteiger partial charge in [-0.05, 0) is 50.5 Å². The number of carbonyl (C=O) groups is 2. The molecular weight excluding hydrogens is 362 g/mol. The van der Waals surface area contributed by atoms with Gasteiger partial charge in [-0.15, -0.1) is 0 Å². The third kappa shape index (κ3) is 5.52. The zero-order valence-corrected chi connectivity index (χ0v) is 18.2. The van der Waals surface area contributed by atoms with Gasteiger partial charge in [-0.3, -0.25) is 9.59 Å². The summed E-state index contributed by atoms with van der Waals surface area (Å²) in [5.74, 6) is 0.610. The van der Waals surface area contributed by atoms with Crippen molar-refractivity contribution in [3.8, 4) is 0 Å². The lowest BCUT2D eigenvalue weighted by molar-refractivity contribution is -0.138. The van der Waals surface area contributed by atoms with E-state index in [-0.39, 0.29) is 11.8 Å². The lowest BCUT2D eigenvalue weighted by Gasteiger charge is -2.37. The summed E-state index contributed by atoms with van der Waals surface area (Å²) in [4.78, 5) is 31.9. The smallest absolute Gasteiger partial charge is 0.253 e. The van der Waals surface area contributed by atoms with Crippen LogP contribution >= 0.6 is 0 Å². The summed E-state index contributed by atoms with van der Waals surface area (Å²) in [6, 6.07) is 8.03. The van der Waals surface area contributed by atoms with Crippen molar-refractivity contribution in [2.45, 2.75) is 58.8 Å². The molecule has 1 saturated carbocycles. The van der Waals surface area contributed by atoms with Crippen LogP contribution in [0.25, 0.3) is 0 Å². The Morgan fingerprint density at radius 1 is 0.931 bits per heavy atom. The summed E-state index contributed by atoms with van der Waals surface area (Å²) in [6.07, 6.45) is 8.06. The predicted molar refractivity (Wildman–Crippen MR) is 118 cm³/mol. The van der Waals surface area contributed by atoms with Gasteiger partial charge in [0.15, 0.2) is 0 Å². The van der Waals surface area contributed by atoms with Gasteiger partial charge in [-0.2, -0.15) is 0 Å². The predicted octanol–water partition coefficient (Wildman–Crippen LogP) is 4.18. The molecule has 0 N–H and O–H groups in total. The summed E-state index contributed by atoms with van der Waals surface area (Å²) in [5, 5.41) is 0. The Labute approximate surface area is 176 Å². The third-order valence-electron chi connectivity index (χ3n) is 6.48. The first-order chi connectivity index (χ1) is 14.1. The molecule has 160 valence electrons. The van der Waals surface area contributed by atoms with Crippen LogP contribution in [0, 0.1) is 5.92 Å². The van der Waals surface area contributed by atoms with Crippen molar-refractivity contribution in [1.29, 1.82) is 0 Å². The Balaban J connectivity index is 1.53. The summed E-state index contributed by atoms with van der Waals surface area (Å²) in [6.45, 7) is 9.01. The SMILES string of the molecule is CCCCN(CC)c1ccc(C(=O)N2CCN(C(=O)C3CCCCC3)CC2)cc1. The molecular formula is C24H37N3O2. The van der Waals surface area contributed by atoms with Gasteiger partial charge in [-0.1, -0.05) is 32.6 Å². The van der Waals surface area contributed by atoms with E-state index in [1.165, 1.54) is 37.8 Å². The molecule has 1 aliphatic heterocycles. The van der Waals surface area contributed by atoms with Crippen molar-refractivity contribution >= 4 is 17.5 Å². The van der Waals surface area contributed by atoms with E-state index in [9.17, 15) is 9.59 Å². The van der Waals surface area contributed by atoms with Crippen LogP contribution in [-0.2, 0) is 4.79 Å². The number of hydrogen-bond donors (Lipinski definition) is 0. The molecule has 0 aromatic heterocycles. The van der Waals surface area contributed by atoms with Crippen LogP contribution in [0.5, 0.6) is 0 Å². The summed E-state index contributed by atoms with van der Waals surface area (Å²) in [7, 11) is 0. The second-order valence-electron chi connectivity index (χ2n) is 8.43. The molecule has 0 unspecified atom stereocenters. The normalized spacial score (nSPS) is 18.0. The van der Waals surface area contributed by atoms with Crippen LogP contribution in [0.2, 0.25) is 0 Å². The van der Waals surface area contributed by atoms with Gasteiger partial charge >= 0.3 is 0 Å². The molecule has 2 fully saturated rings. The zero-order chi connectivity index (χ0) is 20.6. The van der Waals surface area contributed by atoms with E-state index in [1.54, 1.807) is 0 Å². The number of amides is 2. The first-order valence-corrected chi connectivity index (χ1v) is 11.6. The molecule has 1 aromatic rings. The van der Waals surface area contributed by atoms with E-state index in [4.69, 9.17) is 0 Å². The van der Waals surface area contributed by atoms with E-state index in [1.807, 2.05) is 21.9 Å². The molecule has 29 heavy (non-hydrogen) atoms. The standard InChI is InChI=1S/C24H37N3O2/c1-3-5-15-25(4-2)22-13-11-21(12-14-22)24(29)27-18-16-26(17-19-27)23(28)20-9-7-6-8-10-20/h11-14,20H,3-10,15-19H2,1-2H3. The molecule has 0 atom stereocenters. The number of carbonyl (C=O) groups excluding carboxylic acids is 2. The largest absolute Gasteiger partial charge is 0.372 e. The number of hydrogen-bond acceptors (Lipinski definition) is 3. The average Bonchev–Trinajstić information content (AvgIpc) is 2.80. The highest BCUT2D eigenvalue weighted by Gasteiger charge is 2.29. The fourth-order valence-electron chi connectivity index (χ4n) is 4.55. The van der Waals surface area contributed by atoms with E-state index in [2.05, 4.69) is 30.9 Å². The van der Waals surface area contributed by atoms with Gasteiger partial charge in [0, 0.05) is 56.4 Å². The molecule has 5 heteroatoms. The minimum atomic E-state index is 0.0814. The molecule has 2 aliphatic rings.